The molecule has 1 saturated heterocycles. The van der Waals surface area contributed by atoms with E-state index in [4.69, 9.17) is 5.73 Å². The van der Waals surface area contributed by atoms with E-state index in [1.165, 1.54) is 0 Å². The standard InChI is InChI=1S/C23H26N6O/c1-28-11-9-14(10-12-28)29(2)15-7-8-17-16(13-15)21(24)20(23(30)27-17)22-25-18-5-3-4-6-19(18)26-22/h3-8,13-14H,9-12H2,1-2H3,(H,25,26)(H3,24,27,30). The van der Waals surface area contributed by atoms with Crippen LogP contribution in [0, 0.1) is 0 Å². The lowest BCUT2D eigenvalue weighted by atomic mass is 10.0. The van der Waals surface area contributed by atoms with Crippen molar-refractivity contribution in [2.75, 3.05) is 37.8 Å². The molecule has 2 aromatic heterocycles. The van der Waals surface area contributed by atoms with Crippen molar-refractivity contribution in [3.63, 3.8) is 0 Å². The molecule has 0 atom stereocenters. The van der Waals surface area contributed by atoms with Crippen LogP contribution in [0.1, 0.15) is 12.8 Å². The molecule has 7 heteroatoms. The number of piperidine rings is 1. The molecule has 3 heterocycles. The van der Waals surface area contributed by atoms with Gasteiger partial charge in [-0.3, -0.25) is 4.79 Å². The lowest BCUT2D eigenvalue weighted by molar-refractivity contribution is 0.253. The maximum atomic E-state index is 12.8. The number of rotatable bonds is 3. The zero-order valence-corrected chi connectivity index (χ0v) is 17.3. The highest BCUT2D eigenvalue weighted by Crippen LogP contribution is 2.31. The molecule has 0 spiro atoms. The summed E-state index contributed by atoms with van der Waals surface area (Å²) in [4.78, 5) is 28.3. The molecule has 30 heavy (non-hydrogen) atoms. The fraction of sp³-hybridized carbons (Fsp3) is 0.304. The Hall–Kier alpha value is -3.32. The number of likely N-dealkylation sites (tertiary alicyclic amines) is 1. The van der Waals surface area contributed by atoms with Crippen molar-refractivity contribution in [3.05, 3.63) is 52.8 Å². The first-order valence-corrected chi connectivity index (χ1v) is 10.3. The molecule has 0 bridgehead atoms. The van der Waals surface area contributed by atoms with Gasteiger partial charge in [0, 0.05) is 24.2 Å². The smallest absolute Gasteiger partial charge is 0.261 e. The highest BCUT2D eigenvalue weighted by Gasteiger charge is 2.22. The molecule has 4 aromatic rings. The van der Waals surface area contributed by atoms with E-state index in [2.05, 4.69) is 51.0 Å². The van der Waals surface area contributed by atoms with Gasteiger partial charge in [0.05, 0.1) is 22.2 Å². The number of hydrogen-bond acceptors (Lipinski definition) is 5. The second-order valence-electron chi connectivity index (χ2n) is 8.22. The number of nitrogens with two attached hydrogens (primary N) is 1. The molecule has 1 aliphatic rings. The van der Waals surface area contributed by atoms with Crippen LogP contribution >= 0.6 is 0 Å². The van der Waals surface area contributed by atoms with Crippen LogP contribution in [0.5, 0.6) is 0 Å². The second kappa shape index (κ2) is 7.18. The van der Waals surface area contributed by atoms with E-state index < -0.39 is 0 Å². The maximum absolute atomic E-state index is 12.8. The Kier molecular flexibility index (Phi) is 4.47. The molecule has 7 nitrogen and oxygen atoms in total. The van der Waals surface area contributed by atoms with Gasteiger partial charge in [0.1, 0.15) is 11.4 Å². The molecule has 2 aromatic carbocycles. The number of aromatic amines is 2. The Morgan fingerprint density at radius 2 is 1.87 bits per heavy atom. The number of H-pyrrole nitrogens is 2. The third-order valence-electron chi connectivity index (χ3n) is 6.31. The number of para-hydroxylation sites is 2. The number of imidazole rings is 1. The summed E-state index contributed by atoms with van der Waals surface area (Å²) in [5.41, 5.74) is 10.7. The Morgan fingerprint density at radius 3 is 2.63 bits per heavy atom. The molecule has 0 unspecified atom stereocenters. The molecule has 0 aliphatic carbocycles. The summed E-state index contributed by atoms with van der Waals surface area (Å²) in [5, 5.41) is 0.835. The van der Waals surface area contributed by atoms with Crippen LogP contribution in [-0.4, -0.2) is 53.1 Å². The molecule has 0 saturated carbocycles. The van der Waals surface area contributed by atoms with Crippen LogP contribution < -0.4 is 16.2 Å². The average molecular weight is 403 g/mol. The van der Waals surface area contributed by atoms with E-state index in [9.17, 15) is 4.79 Å². The van der Waals surface area contributed by atoms with Crippen LogP contribution in [-0.2, 0) is 0 Å². The summed E-state index contributed by atoms with van der Waals surface area (Å²) in [6.45, 7) is 2.21. The lowest BCUT2D eigenvalue weighted by Crippen LogP contribution is -2.41. The Bertz CT molecular complexity index is 1250. The fourth-order valence-corrected chi connectivity index (χ4v) is 4.42. The van der Waals surface area contributed by atoms with Crippen molar-refractivity contribution < 1.29 is 0 Å². The largest absolute Gasteiger partial charge is 0.397 e. The Morgan fingerprint density at radius 1 is 1.10 bits per heavy atom. The summed E-state index contributed by atoms with van der Waals surface area (Å²) < 4.78 is 0. The number of fused-ring (bicyclic) bond motifs is 2. The number of benzene rings is 2. The number of aromatic nitrogens is 3. The van der Waals surface area contributed by atoms with E-state index in [-0.39, 0.29) is 5.56 Å². The van der Waals surface area contributed by atoms with Gasteiger partial charge >= 0.3 is 0 Å². The third kappa shape index (κ3) is 3.11. The molecule has 1 aliphatic heterocycles. The van der Waals surface area contributed by atoms with Gasteiger partial charge in [-0.15, -0.1) is 0 Å². The van der Waals surface area contributed by atoms with E-state index in [1.54, 1.807) is 0 Å². The molecular formula is C23H26N6O. The zero-order chi connectivity index (χ0) is 20.8. The van der Waals surface area contributed by atoms with Crippen molar-refractivity contribution in [2.24, 2.45) is 0 Å². The number of hydrogen-bond donors (Lipinski definition) is 3. The summed E-state index contributed by atoms with van der Waals surface area (Å²) in [7, 11) is 4.31. The van der Waals surface area contributed by atoms with E-state index >= 15 is 0 Å². The molecule has 4 N–H and O–H groups in total. The van der Waals surface area contributed by atoms with Gasteiger partial charge in [0.2, 0.25) is 0 Å². The molecular weight excluding hydrogens is 376 g/mol. The molecule has 0 radical (unpaired) electrons. The SMILES string of the molecule is CN1CCC(N(C)c2ccc3[nH]c(=O)c(-c4nc5ccccc5[nH]4)c(N)c3c2)CC1. The van der Waals surface area contributed by atoms with Crippen molar-refractivity contribution >= 4 is 33.3 Å². The third-order valence-corrected chi connectivity index (χ3v) is 6.31. The minimum Gasteiger partial charge on any atom is -0.397 e. The Labute approximate surface area is 174 Å². The van der Waals surface area contributed by atoms with E-state index in [1.807, 2.05) is 30.3 Å². The van der Waals surface area contributed by atoms with Crippen molar-refractivity contribution in [1.29, 1.82) is 0 Å². The lowest BCUT2D eigenvalue weighted by Gasteiger charge is -2.36. The Balaban J connectivity index is 1.59. The van der Waals surface area contributed by atoms with Crippen LogP contribution in [0.4, 0.5) is 11.4 Å². The first kappa shape index (κ1) is 18.7. The number of nitrogens with zero attached hydrogens (tertiary/aromatic N) is 3. The van der Waals surface area contributed by atoms with Crippen molar-refractivity contribution in [2.45, 2.75) is 18.9 Å². The van der Waals surface area contributed by atoms with Crippen molar-refractivity contribution in [1.82, 2.24) is 19.9 Å². The first-order valence-electron chi connectivity index (χ1n) is 10.3. The van der Waals surface area contributed by atoms with Crippen LogP contribution in [0.3, 0.4) is 0 Å². The highest BCUT2D eigenvalue weighted by molar-refractivity contribution is 5.99. The van der Waals surface area contributed by atoms with Crippen molar-refractivity contribution in [3.8, 4) is 11.4 Å². The fourth-order valence-electron chi connectivity index (χ4n) is 4.42. The number of nitrogens with one attached hydrogen (secondary N) is 2. The predicted octanol–water partition coefficient (Wildman–Crippen LogP) is 3.18. The summed E-state index contributed by atoms with van der Waals surface area (Å²) >= 11 is 0. The molecule has 1 fully saturated rings. The van der Waals surface area contributed by atoms with Gasteiger partial charge in [-0.05, 0) is 63.3 Å². The first-order chi connectivity index (χ1) is 14.5. The molecule has 154 valence electrons. The van der Waals surface area contributed by atoms with E-state index in [0.717, 1.165) is 53.6 Å². The van der Waals surface area contributed by atoms with Gasteiger partial charge in [-0.25, -0.2) is 4.98 Å². The molecule has 5 rings (SSSR count). The minimum absolute atomic E-state index is 0.240. The highest BCUT2D eigenvalue weighted by atomic mass is 16.1. The van der Waals surface area contributed by atoms with E-state index in [0.29, 0.717) is 23.1 Å². The normalized spacial score (nSPS) is 15.8. The topological polar surface area (TPSA) is 94.0 Å². The monoisotopic (exact) mass is 402 g/mol. The van der Waals surface area contributed by atoms with Crippen LogP contribution in [0.15, 0.2) is 47.3 Å². The number of anilines is 2. The van der Waals surface area contributed by atoms with Crippen LogP contribution in [0.2, 0.25) is 0 Å². The van der Waals surface area contributed by atoms with Gasteiger partial charge < -0.3 is 25.5 Å². The van der Waals surface area contributed by atoms with Gasteiger partial charge in [-0.2, -0.15) is 0 Å². The predicted molar refractivity (Wildman–Crippen MR) is 123 cm³/mol. The quantitative estimate of drug-likeness (QED) is 0.489. The van der Waals surface area contributed by atoms with Gasteiger partial charge in [-0.1, -0.05) is 12.1 Å². The summed E-state index contributed by atoms with van der Waals surface area (Å²) in [5.74, 6) is 0.492. The second-order valence-corrected chi connectivity index (χ2v) is 8.22. The van der Waals surface area contributed by atoms with Gasteiger partial charge in [0.25, 0.3) is 5.56 Å². The molecule has 0 amide bonds. The zero-order valence-electron chi connectivity index (χ0n) is 17.3. The minimum atomic E-state index is -0.240. The van der Waals surface area contributed by atoms with Gasteiger partial charge in [0.15, 0.2) is 0 Å². The average Bonchev–Trinajstić information content (AvgIpc) is 3.17. The summed E-state index contributed by atoms with van der Waals surface area (Å²) in [6, 6.07) is 14.3. The number of pyridine rings is 1. The maximum Gasteiger partial charge on any atom is 0.261 e. The summed E-state index contributed by atoms with van der Waals surface area (Å²) in [6.07, 6.45) is 2.27. The number of nitrogen functional groups attached to an aromatic ring is 1. The van der Waals surface area contributed by atoms with Crippen LogP contribution in [0.25, 0.3) is 33.3 Å².